The van der Waals surface area contributed by atoms with Gasteiger partial charge in [-0.2, -0.15) is 0 Å². The summed E-state index contributed by atoms with van der Waals surface area (Å²) in [5.41, 5.74) is 0.736. The second-order valence-corrected chi connectivity index (χ2v) is 3.47. The summed E-state index contributed by atoms with van der Waals surface area (Å²) in [4.78, 5) is 29.1. The lowest BCUT2D eigenvalue weighted by molar-refractivity contribution is -1.13. The molecule has 0 aliphatic carbocycles. The molecule has 0 heterocycles. The van der Waals surface area contributed by atoms with Gasteiger partial charge >= 0.3 is 11.9 Å². The van der Waals surface area contributed by atoms with Crippen molar-refractivity contribution in [3.8, 4) is 0 Å². The molecule has 0 bridgehead atoms. The molecule has 1 rings (SSSR count). The average Bonchev–Trinajstić information content (AvgIpc) is 2.47. The molecule has 0 aliphatic rings. The summed E-state index contributed by atoms with van der Waals surface area (Å²) in [5.74, 6) is -2.28. The average molecular weight is 275 g/mol. The standard InChI is InChI=1S/C14H13NO5/c1-3-13(16)15(18,20-14(17)4-2)19-11-10-12-8-6-5-7-9-12/h3-11H,1-2H2. The van der Waals surface area contributed by atoms with E-state index in [0.717, 1.165) is 17.9 Å². The number of rotatable bonds is 5. The van der Waals surface area contributed by atoms with E-state index in [-0.39, 0.29) is 0 Å². The first kappa shape index (κ1) is 15.4. The molecule has 1 atom stereocenters. The largest absolute Gasteiger partial charge is 0.537 e. The van der Waals surface area contributed by atoms with Crippen molar-refractivity contribution in [3.05, 3.63) is 72.7 Å². The Morgan fingerprint density at radius 3 is 2.35 bits per heavy atom. The first-order valence-corrected chi connectivity index (χ1v) is 5.55. The van der Waals surface area contributed by atoms with E-state index >= 15 is 0 Å². The van der Waals surface area contributed by atoms with Crippen molar-refractivity contribution in [2.75, 3.05) is 0 Å². The van der Waals surface area contributed by atoms with Crippen molar-refractivity contribution in [2.24, 2.45) is 0 Å². The van der Waals surface area contributed by atoms with E-state index in [4.69, 9.17) is 0 Å². The molecule has 0 aliphatic heterocycles. The number of hydrogen-bond donors (Lipinski definition) is 0. The number of carbonyl (C=O) groups excluding carboxylic acids is 2. The van der Waals surface area contributed by atoms with Crippen LogP contribution in [0.4, 0.5) is 0 Å². The van der Waals surface area contributed by atoms with Crippen LogP contribution in [0.15, 0.2) is 61.9 Å². The van der Waals surface area contributed by atoms with Crippen LogP contribution in [-0.2, 0) is 19.3 Å². The highest BCUT2D eigenvalue weighted by atomic mass is 17.2. The molecule has 0 spiro atoms. The Labute approximate surface area is 115 Å². The summed E-state index contributed by atoms with van der Waals surface area (Å²) >= 11 is 0. The molecule has 0 saturated heterocycles. The number of hydroxylamine groups is 3. The van der Waals surface area contributed by atoms with Crippen molar-refractivity contribution in [2.45, 2.75) is 0 Å². The van der Waals surface area contributed by atoms with Crippen LogP contribution in [0.1, 0.15) is 5.56 Å². The Morgan fingerprint density at radius 2 is 1.80 bits per heavy atom. The fraction of sp³-hybridized carbons (Fsp3) is 0. The molecule has 0 aromatic heterocycles. The summed E-state index contributed by atoms with van der Waals surface area (Å²) in [6, 6.07) is 8.89. The highest BCUT2D eigenvalue weighted by molar-refractivity contribution is 5.83. The van der Waals surface area contributed by atoms with Crippen LogP contribution < -0.4 is 0 Å². The van der Waals surface area contributed by atoms with Crippen LogP contribution >= 0.6 is 0 Å². The van der Waals surface area contributed by atoms with Crippen LogP contribution in [0.2, 0.25) is 0 Å². The topological polar surface area (TPSA) is 75.7 Å². The van der Waals surface area contributed by atoms with Crippen LogP contribution in [0.25, 0.3) is 6.08 Å². The van der Waals surface area contributed by atoms with Gasteiger partial charge in [-0.15, -0.1) is 0 Å². The van der Waals surface area contributed by atoms with Crippen LogP contribution in [-0.4, -0.2) is 16.8 Å². The fourth-order valence-electron chi connectivity index (χ4n) is 1.14. The first-order valence-electron chi connectivity index (χ1n) is 5.55. The summed E-state index contributed by atoms with van der Waals surface area (Å²) in [6.07, 6.45) is 3.83. The second-order valence-electron chi connectivity index (χ2n) is 3.47. The zero-order valence-corrected chi connectivity index (χ0v) is 10.6. The number of carbonyl (C=O) groups is 2. The lowest BCUT2D eigenvalue weighted by Crippen LogP contribution is -2.46. The number of quaternary nitrogens is 1. The molecule has 1 unspecified atom stereocenters. The third-order valence-corrected chi connectivity index (χ3v) is 2.08. The van der Waals surface area contributed by atoms with Gasteiger partial charge in [-0.3, -0.25) is 4.84 Å². The van der Waals surface area contributed by atoms with Crippen LogP contribution in [0.3, 0.4) is 0 Å². The van der Waals surface area contributed by atoms with E-state index in [1.807, 2.05) is 6.07 Å². The van der Waals surface area contributed by atoms with Crippen molar-refractivity contribution in [1.82, 2.24) is 0 Å². The summed E-state index contributed by atoms with van der Waals surface area (Å²) < 4.78 is 0. The van der Waals surface area contributed by atoms with Gasteiger partial charge in [-0.25, -0.2) is 14.4 Å². The predicted molar refractivity (Wildman–Crippen MR) is 71.7 cm³/mol. The van der Waals surface area contributed by atoms with E-state index in [1.165, 1.54) is 6.08 Å². The van der Waals surface area contributed by atoms with E-state index in [9.17, 15) is 14.8 Å². The molecule has 1 aromatic rings. The maximum Gasteiger partial charge on any atom is 0.423 e. The number of hydrogen-bond acceptors (Lipinski definition) is 5. The number of benzene rings is 1. The lowest BCUT2D eigenvalue weighted by atomic mass is 10.2. The second kappa shape index (κ2) is 7.03. The Morgan fingerprint density at radius 1 is 1.15 bits per heavy atom. The summed E-state index contributed by atoms with van der Waals surface area (Å²) in [7, 11) is 0. The van der Waals surface area contributed by atoms with Gasteiger partial charge in [0, 0.05) is 12.2 Å². The van der Waals surface area contributed by atoms with E-state index in [0.29, 0.717) is 6.08 Å². The summed E-state index contributed by atoms with van der Waals surface area (Å²) in [5, 5.41) is 11.9. The van der Waals surface area contributed by atoms with Crippen LogP contribution in [0, 0.1) is 5.21 Å². The van der Waals surface area contributed by atoms with Crippen molar-refractivity contribution < 1.29 is 24.2 Å². The Balaban J connectivity index is 2.82. The first-order chi connectivity index (χ1) is 9.51. The molecule has 0 radical (unpaired) electrons. The fourth-order valence-corrected chi connectivity index (χ4v) is 1.14. The molecular formula is C14H13NO5. The normalized spacial score (nSPS) is 13.2. The predicted octanol–water partition coefficient (Wildman–Crippen LogP) is 2.26. The maximum atomic E-state index is 11.9. The van der Waals surface area contributed by atoms with E-state index < -0.39 is 16.8 Å². The van der Waals surface area contributed by atoms with E-state index in [2.05, 4.69) is 22.8 Å². The van der Waals surface area contributed by atoms with Gasteiger partial charge in [0.15, 0.2) is 6.26 Å². The molecule has 0 saturated carbocycles. The van der Waals surface area contributed by atoms with Crippen molar-refractivity contribution >= 4 is 18.0 Å². The molecular weight excluding hydrogens is 262 g/mol. The van der Waals surface area contributed by atoms with Gasteiger partial charge in [0.1, 0.15) is 0 Å². The maximum absolute atomic E-state index is 11.9. The van der Waals surface area contributed by atoms with Gasteiger partial charge in [0.05, 0.1) is 4.97 Å². The number of nitrogens with zero attached hydrogens (tertiary/aromatic N) is 1. The zero-order chi connectivity index (χ0) is 15.0. The van der Waals surface area contributed by atoms with Gasteiger partial charge in [0.25, 0.3) is 0 Å². The molecule has 6 heteroatoms. The third-order valence-electron chi connectivity index (χ3n) is 2.08. The number of amides is 1. The third kappa shape index (κ3) is 4.20. The van der Waals surface area contributed by atoms with Gasteiger partial charge in [-0.05, 0) is 11.6 Å². The van der Waals surface area contributed by atoms with Crippen molar-refractivity contribution in [1.29, 1.82) is 0 Å². The highest BCUT2D eigenvalue weighted by Crippen LogP contribution is 2.12. The van der Waals surface area contributed by atoms with Crippen LogP contribution in [0.5, 0.6) is 0 Å². The molecule has 104 valence electrons. The molecule has 0 fully saturated rings. The highest BCUT2D eigenvalue weighted by Gasteiger charge is 2.33. The van der Waals surface area contributed by atoms with E-state index in [1.54, 1.807) is 24.3 Å². The Kier molecular flexibility index (Phi) is 5.40. The minimum absolute atomic E-state index is 0.694. The minimum atomic E-state index is -2.28. The molecule has 20 heavy (non-hydrogen) atoms. The molecule has 6 nitrogen and oxygen atoms in total. The monoisotopic (exact) mass is 275 g/mol. The Hall–Kier alpha value is -2.70. The zero-order valence-electron chi connectivity index (χ0n) is 10.6. The minimum Gasteiger partial charge on any atom is -0.537 e. The molecule has 0 N–H and O–H groups in total. The molecule has 1 aromatic carbocycles. The SMILES string of the molecule is C=CC(=O)O[N+]([O-])(OC=Cc1ccccc1)C(=O)C=C. The molecule has 1 amide bonds. The van der Waals surface area contributed by atoms with Gasteiger partial charge < -0.3 is 5.21 Å². The van der Waals surface area contributed by atoms with Crippen molar-refractivity contribution in [3.63, 3.8) is 0 Å². The van der Waals surface area contributed by atoms with Gasteiger partial charge in [-0.1, -0.05) is 43.5 Å². The Bertz CT molecular complexity index is 538. The quantitative estimate of drug-likeness (QED) is 0.356. The smallest absolute Gasteiger partial charge is 0.423 e. The van der Waals surface area contributed by atoms with Gasteiger partial charge in [0.2, 0.25) is 0 Å². The lowest BCUT2D eigenvalue weighted by Gasteiger charge is -2.28. The summed E-state index contributed by atoms with van der Waals surface area (Å²) in [6.45, 7) is 6.26.